The van der Waals surface area contributed by atoms with Gasteiger partial charge in [-0.1, -0.05) is 32.8 Å². The molecule has 1 aliphatic rings. The molecule has 0 atom stereocenters. The molecule has 0 saturated carbocycles. The third-order valence-corrected chi connectivity index (χ3v) is 1.93. The summed E-state index contributed by atoms with van der Waals surface area (Å²) in [4.78, 5) is 33.0. The van der Waals surface area contributed by atoms with Crippen molar-refractivity contribution in [3.8, 4) is 0 Å². The quantitative estimate of drug-likeness (QED) is 0.607. The van der Waals surface area contributed by atoms with Gasteiger partial charge < -0.3 is 5.32 Å². The summed E-state index contributed by atoms with van der Waals surface area (Å²) in [5.74, 6) is -0.256. The maximum Gasteiger partial charge on any atom is 0.372 e. The van der Waals surface area contributed by atoms with E-state index in [1.165, 1.54) is 0 Å². The van der Waals surface area contributed by atoms with Crippen molar-refractivity contribution in [3.63, 3.8) is 0 Å². The van der Waals surface area contributed by atoms with Crippen LogP contribution in [-0.4, -0.2) is 34.0 Å². The average molecular weight is 296 g/mol. The van der Waals surface area contributed by atoms with Crippen molar-refractivity contribution in [2.24, 2.45) is 10.2 Å². The second-order valence-corrected chi connectivity index (χ2v) is 2.85. The van der Waals surface area contributed by atoms with Gasteiger partial charge in [0, 0.05) is 0 Å². The van der Waals surface area contributed by atoms with E-state index >= 15 is 0 Å². The second kappa shape index (κ2) is 4.25. The summed E-state index contributed by atoms with van der Waals surface area (Å²) in [6, 6.07) is -1.50. The first kappa shape index (κ1) is 10.0. The largest absolute Gasteiger partial charge is 0.372 e. The van der Waals surface area contributed by atoms with E-state index in [0.29, 0.717) is 0 Å². The number of alkyl halides is 1. The number of rotatable bonds is 3. The Bertz CT molecular complexity index is 272. The Kier molecular flexibility index (Phi) is 3.28. The van der Waals surface area contributed by atoms with Gasteiger partial charge in [0.1, 0.15) is 6.67 Å². The summed E-state index contributed by atoms with van der Waals surface area (Å²) in [5, 5.41) is 8.38. The molecular formula is C5H5IN4O3. The van der Waals surface area contributed by atoms with Crippen molar-refractivity contribution in [3.05, 3.63) is 0 Å². The molecule has 8 heteroatoms. The Balaban J connectivity index is 2.42. The third kappa shape index (κ3) is 2.44. The molecule has 1 N–H and O–H groups in total. The van der Waals surface area contributed by atoms with E-state index in [2.05, 4.69) is 15.5 Å². The minimum Gasteiger partial charge on any atom is -0.337 e. The van der Waals surface area contributed by atoms with Crippen molar-refractivity contribution < 1.29 is 14.4 Å². The number of halogens is 1. The molecule has 0 bridgehead atoms. The van der Waals surface area contributed by atoms with E-state index < -0.39 is 12.1 Å². The standard InChI is InChI=1S/C5H5IN4O3/c6-1-3(11)7-2-10-4(12)8-9-5(10)13/h1-2H2,(H,7,11). The first-order valence-electron chi connectivity index (χ1n) is 3.25. The molecule has 0 saturated heterocycles. The van der Waals surface area contributed by atoms with E-state index in [4.69, 9.17) is 0 Å². The number of hydrogen-bond acceptors (Lipinski definition) is 3. The van der Waals surface area contributed by atoms with Gasteiger partial charge in [-0.3, -0.25) is 4.79 Å². The molecule has 7 nitrogen and oxygen atoms in total. The van der Waals surface area contributed by atoms with Crippen LogP contribution in [0.3, 0.4) is 0 Å². The lowest BCUT2D eigenvalue weighted by Gasteiger charge is -2.10. The zero-order valence-corrected chi connectivity index (χ0v) is 8.52. The van der Waals surface area contributed by atoms with Crippen molar-refractivity contribution in [1.82, 2.24) is 10.2 Å². The summed E-state index contributed by atoms with van der Waals surface area (Å²) >= 11 is 1.86. The maximum absolute atomic E-state index is 10.8. The molecule has 0 aromatic carbocycles. The fraction of sp³-hybridized carbons (Fsp3) is 0.400. The van der Waals surface area contributed by atoms with Crippen LogP contribution in [0.5, 0.6) is 0 Å². The Morgan fingerprint density at radius 1 is 1.38 bits per heavy atom. The topological polar surface area (TPSA) is 91.2 Å². The minimum atomic E-state index is -0.751. The number of imide groups is 1. The number of nitrogens with one attached hydrogen (secondary N) is 1. The van der Waals surface area contributed by atoms with Gasteiger partial charge in [0.05, 0.1) is 4.43 Å². The summed E-state index contributed by atoms with van der Waals surface area (Å²) in [6.45, 7) is -0.174. The highest BCUT2D eigenvalue weighted by Crippen LogP contribution is 2.04. The van der Waals surface area contributed by atoms with E-state index in [1.807, 2.05) is 22.6 Å². The van der Waals surface area contributed by atoms with Crippen LogP contribution in [0, 0.1) is 0 Å². The van der Waals surface area contributed by atoms with Gasteiger partial charge in [-0.15, -0.1) is 0 Å². The molecule has 0 aromatic rings. The predicted molar refractivity (Wildman–Crippen MR) is 49.4 cm³/mol. The number of amides is 5. The smallest absolute Gasteiger partial charge is 0.337 e. The molecular weight excluding hydrogens is 291 g/mol. The van der Waals surface area contributed by atoms with Crippen LogP contribution in [0.25, 0.3) is 0 Å². The number of carbonyl (C=O) groups is 3. The highest BCUT2D eigenvalue weighted by atomic mass is 127. The van der Waals surface area contributed by atoms with Crippen molar-refractivity contribution in [2.45, 2.75) is 0 Å². The highest BCUT2D eigenvalue weighted by Gasteiger charge is 2.27. The lowest BCUT2D eigenvalue weighted by molar-refractivity contribution is -0.118. The van der Waals surface area contributed by atoms with Crippen molar-refractivity contribution >= 4 is 40.6 Å². The summed E-state index contributed by atoms with van der Waals surface area (Å²) < 4.78 is 0.266. The summed E-state index contributed by atoms with van der Waals surface area (Å²) in [5.41, 5.74) is 0. The van der Waals surface area contributed by atoms with E-state index in [0.717, 1.165) is 4.90 Å². The van der Waals surface area contributed by atoms with Crippen LogP contribution in [-0.2, 0) is 4.79 Å². The van der Waals surface area contributed by atoms with Gasteiger partial charge in [0.25, 0.3) is 0 Å². The Morgan fingerprint density at radius 3 is 2.38 bits per heavy atom. The lowest BCUT2D eigenvalue weighted by atomic mass is 10.6. The molecule has 0 fully saturated rings. The predicted octanol–water partition coefficient (Wildman–Crippen LogP) is 0.503. The normalized spacial score (nSPS) is 15.3. The number of carbonyl (C=O) groups excluding carboxylic acids is 3. The lowest BCUT2D eigenvalue weighted by Crippen LogP contribution is -2.40. The maximum atomic E-state index is 10.8. The fourth-order valence-electron chi connectivity index (χ4n) is 0.625. The molecule has 0 radical (unpaired) electrons. The molecule has 0 aromatic heterocycles. The molecule has 5 amide bonds. The number of urea groups is 2. The van der Waals surface area contributed by atoms with Gasteiger partial charge in [0.2, 0.25) is 5.91 Å². The Hall–Kier alpha value is -1.06. The van der Waals surface area contributed by atoms with E-state index in [9.17, 15) is 14.4 Å². The number of azo groups is 1. The van der Waals surface area contributed by atoms with Gasteiger partial charge in [-0.25, -0.2) is 14.5 Å². The van der Waals surface area contributed by atoms with Gasteiger partial charge in [0.15, 0.2) is 0 Å². The van der Waals surface area contributed by atoms with E-state index in [-0.39, 0.29) is 17.0 Å². The van der Waals surface area contributed by atoms with Crippen LogP contribution in [0.4, 0.5) is 9.59 Å². The van der Waals surface area contributed by atoms with Gasteiger partial charge in [-0.2, -0.15) is 0 Å². The Morgan fingerprint density at radius 2 is 1.92 bits per heavy atom. The molecule has 13 heavy (non-hydrogen) atoms. The SMILES string of the molecule is O=C(CI)NCN1C(=O)N=NC1=O. The molecule has 70 valence electrons. The van der Waals surface area contributed by atoms with Crippen molar-refractivity contribution in [1.29, 1.82) is 0 Å². The zero-order valence-electron chi connectivity index (χ0n) is 6.36. The minimum absolute atomic E-state index is 0.174. The fourth-order valence-corrected chi connectivity index (χ4v) is 0.895. The molecule has 1 heterocycles. The molecule has 0 aliphatic carbocycles. The molecule has 0 spiro atoms. The first-order valence-corrected chi connectivity index (χ1v) is 4.77. The summed E-state index contributed by atoms with van der Waals surface area (Å²) in [6.07, 6.45) is 0. The molecule has 0 unspecified atom stereocenters. The summed E-state index contributed by atoms with van der Waals surface area (Å²) in [7, 11) is 0. The number of nitrogens with zero attached hydrogens (tertiary/aromatic N) is 3. The van der Waals surface area contributed by atoms with Crippen molar-refractivity contribution in [2.75, 3.05) is 11.1 Å². The van der Waals surface area contributed by atoms with Crippen LogP contribution in [0.15, 0.2) is 10.2 Å². The molecule has 1 aliphatic heterocycles. The first-order chi connectivity index (χ1) is 6.15. The number of hydrogen-bond donors (Lipinski definition) is 1. The monoisotopic (exact) mass is 296 g/mol. The Labute approximate surface area is 86.7 Å². The van der Waals surface area contributed by atoms with Crippen LogP contribution in [0.2, 0.25) is 0 Å². The van der Waals surface area contributed by atoms with Crippen LogP contribution < -0.4 is 5.32 Å². The van der Waals surface area contributed by atoms with Gasteiger partial charge >= 0.3 is 12.1 Å². The average Bonchev–Trinajstić information content (AvgIpc) is 2.43. The molecule has 1 rings (SSSR count). The highest BCUT2D eigenvalue weighted by molar-refractivity contribution is 14.1. The zero-order chi connectivity index (χ0) is 9.84. The van der Waals surface area contributed by atoms with Gasteiger partial charge in [-0.05, 0) is 0 Å². The van der Waals surface area contributed by atoms with Crippen LogP contribution >= 0.6 is 22.6 Å². The van der Waals surface area contributed by atoms with Crippen LogP contribution in [0.1, 0.15) is 0 Å². The second-order valence-electron chi connectivity index (χ2n) is 2.08. The van der Waals surface area contributed by atoms with E-state index in [1.54, 1.807) is 0 Å². The third-order valence-electron chi connectivity index (χ3n) is 1.24.